The Labute approximate surface area is 116 Å². The molecule has 0 saturated carbocycles. The zero-order chi connectivity index (χ0) is 15.1. The number of para-hydroxylation sites is 1. The fraction of sp³-hybridized carbons (Fsp3) is 0.500. The number of nitro benzene ring substituents is 1. The largest absolute Gasteiger partial charge is 0.388 e. The van der Waals surface area contributed by atoms with Crippen LogP contribution in [0.1, 0.15) is 13.3 Å². The number of rotatable bonds is 3. The maximum atomic E-state index is 11.7. The molecule has 1 aromatic rings. The molecule has 1 saturated heterocycles. The van der Waals surface area contributed by atoms with Gasteiger partial charge in [0, 0.05) is 19.3 Å². The lowest BCUT2D eigenvalue weighted by molar-refractivity contribution is -0.387. The maximum absolute atomic E-state index is 11.7. The van der Waals surface area contributed by atoms with Gasteiger partial charge in [-0.25, -0.2) is 8.42 Å². The number of hydrogen-bond donors (Lipinski definition) is 1. The molecular formula is C12H16N2O5S. The van der Waals surface area contributed by atoms with Gasteiger partial charge in [0.05, 0.1) is 10.5 Å². The van der Waals surface area contributed by atoms with Crippen LogP contribution >= 0.6 is 0 Å². The van der Waals surface area contributed by atoms with Crippen molar-refractivity contribution in [1.29, 1.82) is 0 Å². The van der Waals surface area contributed by atoms with Gasteiger partial charge in [0.25, 0.3) is 0 Å². The highest BCUT2D eigenvalue weighted by molar-refractivity contribution is 7.90. The van der Waals surface area contributed by atoms with Crippen molar-refractivity contribution in [3.05, 3.63) is 28.3 Å². The third kappa shape index (κ3) is 2.75. The molecule has 2 rings (SSSR count). The van der Waals surface area contributed by atoms with Gasteiger partial charge in [0.2, 0.25) is 0 Å². The Kier molecular flexibility index (Phi) is 3.47. The molecule has 110 valence electrons. The highest BCUT2D eigenvalue weighted by Crippen LogP contribution is 2.37. The van der Waals surface area contributed by atoms with Crippen LogP contribution in [-0.2, 0) is 9.84 Å². The third-order valence-corrected chi connectivity index (χ3v) is 4.48. The molecule has 1 atom stereocenters. The van der Waals surface area contributed by atoms with Crippen LogP contribution in [0, 0.1) is 10.1 Å². The van der Waals surface area contributed by atoms with Gasteiger partial charge in [-0.15, -0.1) is 0 Å². The van der Waals surface area contributed by atoms with E-state index in [4.69, 9.17) is 0 Å². The standard InChI is InChI=1S/C12H16N2O5S/c1-12(15)6-7-13(8-12)9-4-3-5-10(20(2,18)19)11(9)14(16)17/h3-5,15H,6-8H2,1-2H3. The molecule has 1 fully saturated rings. The van der Waals surface area contributed by atoms with Crippen LogP contribution < -0.4 is 4.90 Å². The number of anilines is 1. The van der Waals surface area contributed by atoms with Gasteiger partial charge in [0.1, 0.15) is 10.6 Å². The summed E-state index contributed by atoms with van der Waals surface area (Å²) in [6, 6.07) is 4.21. The van der Waals surface area contributed by atoms with Gasteiger partial charge >= 0.3 is 5.69 Å². The van der Waals surface area contributed by atoms with E-state index in [-0.39, 0.29) is 17.1 Å². The van der Waals surface area contributed by atoms with Gasteiger partial charge in [-0.2, -0.15) is 0 Å². The Bertz CT molecular complexity index is 654. The summed E-state index contributed by atoms with van der Waals surface area (Å²) < 4.78 is 23.4. The van der Waals surface area contributed by atoms with E-state index in [0.717, 1.165) is 6.26 Å². The molecular weight excluding hydrogens is 284 g/mol. The number of β-amino-alcohol motifs (C(OH)–C–C–N with tert-alkyl or cyclic N) is 1. The molecule has 1 aromatic carbocycles. The van der Waals surface area contributed by atoms with E-state index in [1.165, 1.54) is 18.2 Å². The van der Waals surface area contributed by atoms with Crippen molar-refractivity contribution in [2.75, 3.05) is 24.2 Å². The van der Waals surface area contributed by atoms with E-state index in [1.807, 2.05) is 0 Å². The summed E-state index contributed by atoms with van der Waals surface area (Å²) in [7, 11) is -3.69. The Morgan fingerprint density at radius 1 is 1.45 bits per heavy atom. The number of nitro groups is 1. The van der Waals surface area contributed by atoms with Crippen LogP contribution in [0.5, 0.6) is 0 Å². The van der Waals surface area contributed by atoms with Crippen LogP contribution in [0.25, 0.3) is 0 Å². The molecule has 1 aliphatic heterocycles. The van der Waals surface area contributed by atoms with Crippen molar-refractivity contribution >= 4 is 21.2 Å². The molecule has 0 radical (unpaired) electrons. The quantitative estimate of drug-likeness (QED) is 0.659. The lowest BCUT2D eigenvalue weighted by Crippen LogP contribution is -2.30. The first kappa shape index (κ1) is 14.7. The summed E-state index contributed by atoms with van der Waals surface area (Å²) >= 11 is 0. The highest BCUT2D eigenvalue weighted by atomic mass is 32.2. The summed E-state index contributed by atoms with van der Waals surface area (Å²) in [5.41, 5.74) is -1.11. The van der Waals surface area contributed by atoms with Crippen LogP contribution in [0.15, 0.2) is 23.1 Å². The summed E-state index contributed by atoms with van der Waals surface area (Å²) in [6.45, 7) is 2.33. The number of benzene rings is 1. The normalized spacial score (nSPS) is 23.1. The fourth-order valence-electron chi connectivity index (χ4n) is 2.40. The van der Waals surface area contributed by atoms with Crippen molar-refractivity contribution in [2.45, 2.75) is 23.8 Å². The van der Waals surface area contributed by atoms with E-state index in [9.17, 15) is 23.6 Å². The van der Waals surface area contributed by atoms with Crippen molar-refractivity contribution < 1.29 is 18.4 Å². The molecule has 1 heterocycles. The van der Waals surface area contributed by atoms with Crippen molar-refractivity contribution in [3.63, 3.8) is 0 Å². The minimum atomic E-state index is -3.69. The molecule has 0 amide bonds. The predicted molar refractivity (Wildman–Crippen MR) is 73.7 cm³/mol. The van der Waals surface area contributed by atoms with Crippen LogP contribution in [0.2, 0.25) is 0 Å². The second-order valence-electron chi connectivity index (χ2n) is 5.32. The molecule has 1 unspecified atom stereocenters. The van der Waals surface area contributed by atoms with Crippen molar-refractivity contribution in [3.8, 4) is 0 Å². The first-order chi connectivity index (χ1) is 9.12. The summed E-state index contributed by atoms with van der Waals surface area (Å²) in [6.07, 6.45) is 1.42. The number of hydrogen-bond acceptors (Lipinski definition) is 6. The van der Waals surface area contributed by atoms with E-state index >= 15 is 0 Å². The molecule has 20 heavy (non-hydrogen) atoms. The zero-order valence-electron chi connectivity index (χ0n) is 11.2. The maximum Gasteiger partial charge on any atom is 0.311 e. The van der Waals surface area contributed by atoms with Gasteiger partial charge in [-0.05, 0) is 25.5 Å². The second-order valence-corrected chi connectivity index (χ2v) is 7.31. The van der Waals surface area contributed by atoms with Gasteiger partial charge in [-0.1, -0.05) is 6.07 Å². The molecule has 1 N–H and O–H groups in total. The van der Waals surface area contributed by atoms with Crippen molar-refractivity contribution in [1.82, 2.24) is 0 Å². The molecule has 0 aromatic heterocycles. The first-order valence-electron chi connectivity index (χ1n) is 6.07. The van der Waals surface area contributed by atoms with E-state index in [1.54, 1.807) is 11.8 Å². The highest BCUT2D eigenvalue weighted by Gasteiger charge is 2.36. The first-order valence-corrected chi connectivity index (χ1v) is 7.96. The zero-order valence-corrected chi connectivity index (χ0v) is 12.1. The monoisotopic (exact) mass is 300 g/mol. The van der Waals surface area contributed by atoms with E-state index in [2.05, 4.69) is 0 Å². The Hall–Kier alpha value is -1.67. The molecule has 8 heteroatoms. The molecule has 0 spiro atoms. The minimum Gasteiger partial charge on any atom is -0.388 e. The molecule has 1 aliphatic rings. The third-order valence-electron chi connectivity index (χ3n) is 3.35. The van der Waals surface area contributed by atoms with Gasteiger partial charge in [-0.3, -0.25) is 10.1 Å². The topological polar surface area (TPSA) is 101 Å². The van der Waals surface area contributed by atoms with E-state index in [0.29, 0.717) is 13.0 Å². The number of sulfone groups is 1. The summed E-state index contributed by atoms with van der Waals surface area (Å²) in [5, 5.41) is 21.2. The Balaban J connectivity index is 2.58. The summed E-state index contributed by atoms with van der Waals surface area (Å²) in [4.78, 5) is 11.9. The van der Waals surface area contributed by atoms with Crippen LogP contribution in [0.4, 0.5) is 11.4 Å². The molecule has 0 bridgehead atoms. The lowest BCUT2D eigenvalue weighted by atomic mass is 10.1. The Morgan fingerprint density at radius 2 is 2.10 bits per heavy atom. The van der Waals surface area contributed by atoms with Crippen LogP contribution in [0.3, 0.4) is 0 Å². The average Bonchev–Trinajstić information content (AvgIpc) is 2.67. The molecule has 7 nitrogen and oxygen atoms in total. The van der Waals surface area contributed by atoms with Crippen LogP contribution in [-0.4, -0.2) is 43.4 Å². The van der Waals surface area contributed by atoms with Gasteiger partial charge < -0.3 is 10.0 Å². The van der Waals surface area contributed by atoms with Crippen molar-refractivity contribution in [2.24, 2.45) is 0 Å². The number of aliphatic hydroxyl groups is 1. The lowest BCUT2D eigenvalue weighted by Gasteiger charge is -2.21. The second kappa shape index (κ2) is 4.71. The SMILES string of the molecule is CC1(O)CCN(c2cccc(S(C)(=O)=O)c2[N+](=O)[O-])C1. The minimum absolute atomic E-state index is 0.232. The predicted octanol–water partition coefficient (Wildman–Crippen LogP) is 0.959. The smallest absolute Gasteiger partial charge is 0.311 e. The Morgan fingerprint density at radius 3 is 2.55 bits per heavy atom. The van der Waals surface area contributed by atoms with Gasteiger partial charge in [0.15, 0.2) is 9.84 Å². The van der Waals surface area contributed by atoms with E-state index < -0.39 is 26.0 Å². The fourth-order valence-corrected chi connectivity index (χ4v) is 3.26. The average molecular weight is 300 g/mol. The summed E-state index contributed by atoms with van der Waals surface area (Å²) in [5.74, 6) is 0. The molecule has 0 aliphatic carbocycles. The number of nitrogens with zero attached hydrogens (tertiary/aromatic N) is 2.